The SMILES string of the molecule is CCCCCCC/C=C\C/C=C\CCCCCCCCCCCCCCCCCCCCCCCC(=O)OC(COC(=O)CCCCCCCCCCCCC)COP(=O)(O)OCCN. The number of carbonyl (C=O) groups excluding carboxylic acids is 2. The molecule has 0 saturated heterocycles. The third-order valence-electron chi connectivity index (χ3n) is 12.3. The molecule has 0 aromatic carbocycles. The van der Waals surface area contributed by atoms with E-state index in [-0.39, 0.29) is 38.6 Å². The van der Waals surface area contributed by atoms with E-state index in [2.05, 4.69) is 38.2 Å². The van der Waals surface area contributed by atoms with Gasteiger partial charge in [0.2, 0.25) is 0 Å². The fraction of sp³-hybridized carbons (Fsp3) is 0.891. The summed E-state index contributed by atoms with van der Waals surface area (Å²) in [4.78, 5) is 35.0. The Kier molecular flexibility index (Phi) is 50.7. The summed E-state index contributed by atoms with van der Waals surface area (Å²) in [6, 6.07) is 0. The van der Waals surface area contributed by atoms with Crippen molar-refractivity contribution < 1.29 is 37.6 Å². The zero-order valence-corrected chi connectivity index (χ0v) is 43.6. The lowest BCUT2D eigenvalue weighted by Gasteiger charge is -2.19. The first-order valence-electron chi connectivity index (χ1n) is 27.8. The monoisotopic (exact) mass is 940 g/mol. The van der Waals surface area contributed by atoms with Crippen molar-refractivity contribution in [2.45, 2.75) is 290 Å². The maximum absolute atomic E-state index is 12.6. The molecular weight excluding hydrogens is 834 g/mol. The van der Waals surface area contributed by atoms with Crippen LogP contribution in [0.1, 0.15) is 284 Å². The highest BCUT2D eigenvalue weighted by Gasteiger charge is 2.26. The molecule has 0 aromatic heterocycles. The average Bonchev–Trinajstić information content (AvgIpc) is 3.30. The van der Waals surface area contributed by atoms with Crippen LogP contribution >= 0.6 is 7.82 Å². The van der Waals surface area contributed by atoms with Gasteiger partial charge >= 0.3 is 19.8 Å². The van der Waals surface area contributed by atoms with Crippen molar-refractivity contribution in [3.8, 4) is 0 Å². The van der Waals surface area contributed by atoms with E-state index in [0.717, 1.165) is 38.5 Å². The summed E-state index contributed by atoms with van der Waals surface area (Å²) in [5.74, 6) is -0.814. The van der Waals surface area contributed by atoms with Crippen molar-refractivity contribution in [3.63, 3.8) is 0 Å². The number of phosphoric acid groups is 1. The molecule has 0 aliphatic rings. The minimum absolute atomic E-state index is 0.0566. The van der Waals surface area contributed by atoms with Crippen LogP contribution in [-0.4, -0.2) is 49.3 Å². The smallest absolute Gasteiger partial charge is 0.462 e. The minimum atomic E-state index is -4.37. The molecule has 65 heavy (non-hydrogen) atoms. The van der Waals surface area contributed by atoms with Gasteiger partial charge in [-0.3, -0.25) is 18.6 Å². The number of carbonyl (C=O) groups is 2. The second-order valence-corrected chi connectivity index (χ2v) is 20.3. The summed E-state index contributed by atoms with van der Waals surface area (Å²) in [7, 11) is -4.37. The first-order chi connectivity index (χ1) is 31.8. The molecule has 2 atom stereocenters. The largest absolute Gasteiger partial charge is 0.472 e. The molecule has 0 bridgehead atoms. The minimum Gasteiger partial charge on any atom is -0.462 e. The second-order valence-electron chi connectivity index (χ2n) is 18.8. The lowest BCUT2D eigenvalue weighted by atomic mass is 10.0. The van der Waals surface area contributed by atoms with Crippen LogP contribution in [0.2, 0.25) is 0 Å². The van der Waals surface area contributed by atoms with Crippen molar-refractivity contribution in [1.82, 2.24) is 0 Å². The first kappa shape index (κ1) is 63.5. The van der Waals surface area contributed by atoms with Gasteiger partial charge in [0.25, 0.3) is 0 Å². The Labute approximate surface area is 402 Å². The van der Waals surface area contributed by atoms with E-state index in [1.807, 2.05) is 0 Å². The zero-order chi connectivity index (χ0) is 47.4. The van der Waals surface area contributed by atoms with Gasteiger partial charge in [-0.1, -0.05) is 250 Å². The van der Waals surface area contributed by atoms with Gasteiger partial charge in [0.05, 0.1) is 13.2 Å². The Morgan fingerprint density at radius 3 is 1.17 bits per heavy atom. The quantitative estimate of drug-likeness (QED) is 0.0264. The lowest BCUT2D eigenvalue weighted by molar-refractivity contribution is -0.161. The molecule has 0 fully saturated rings. The molecule has 0 saturated carbocycles. The third-order valence-corrected chi connectivity index (χ3v) is 13.3. The summed E-state index contributed by atoms with van der Waals surface area (Å²) in [6.07, 6.45) is 59.7. The van der Waals surface area contributed by atoms with E-state index < -0.39 is 26.5 Å². The Hall–Kier alpha value is -1.51. The predicted molar refractivity (Wildman–Crippen MR) is 275 cm³/mol. The van der Waals surface area contributed by atoms with E-state index >= 15 is 0 Å². The summed E-state index contributed by atoms with van der Waals surface area (Å²) in [6.45, 7) is 3.76. The van der Waals surface area contributed by atoms with Gasteiger partial charge in [0.15, 0.2) is 6.10 Å². The number of hydrogen-bond donors (Lipinski definition) is 2. The van der Waals surface area contributed by atoms with Crippen molar-refractivity contribution >= 4 is 19.8 Å². The number of unbranched alkanes of at least 4 members (excludes halogenated alkanes) is 36. The molecule has 0 heterocycles. The van der Waals surface area contributed by atoms with Crippen LogP contribution < -0.4 is 5.73 Å². The van der Waals surface area contributed by atoms with Crippen LogP contribution in [0.5, 0.6) is 0 Å². The lowest BCUT2D eigenvalue weighted by Crippen LogP contribution is -2.29. The average molecular weight is 940 g/mol. The topological polar surface area (TPSA) is 134 Å². The van der Waals surface area contributed by atoms with Crippen LogP contribution in [0, 0.1) is 0 Å². The molecule has 0 radical (unpaired) electrons. The number of phosphoric ester groups is 1. The van der Waals surface area contributed by atoms with Gasteiger partial charge in [0, 0.05) is 19.4 Å². The highest BCUT2D eigenvalue weighted by Crippen LogP contribution is 2.43. The molecule has 3 N–H and O–H groups in total. The van der Waals surface area contributed by atoms with Gasteiger partial charge in [0.1, 0.15) is 6.61 Å². The van der Waals surface area contributed by atoms with E-state index in [0.29, 0.717) is 6.42 Å². The van der Waals surface area contributed by atoms with Crippen molar-refractivity contribution in [1.29, 1.82) is 0 Å². The molecule has 0 spiro atoms. The molecule has 384 valence electrons. The highest BCUT2D eigenvalue weighted by molar-refractivity contribution is 7.47. The molecule has 0 amide bonds. The highest BCUT2D eigenvalue weighted by atomic mass is 31.2. The van der Waals surface area contributed by atoms with Crippen LogP contribution in [0.25, 0.3) is 0 Å². The summed E-state index contributed by atoms with van der Waals surface area (Å²) >= 11 is 0. The van der Waals surface area contributed by atoms with Gasteiger partial charge < -0.3 is 20.1 Å². The Morgan fingerprint density at radius 2 is 0.800 bits per heavy atom. The molecule has 0 aromatic rings. The molecule has 10 heteroatoms. The van der Waals surface area contributed by atoms with Crippen molar-refractivity contribution in [2.24, 2.45) is 5.73 Å². The molecule has 0 aliphatic carbocycles. The van der Waals surface area contributed by atoms with E-state index in [9.17, 15) is 19.0 Å². The van der Waals surface area contributed by atoms with Crippen LogP contribution in [0.15, 0.2) is 24.3 Å². The van der Waals surface area contributed by atoms with Crippen molar-refractivity contribution in [3.05, 3.63) is 24.3 Å². The van der Waals surface area contributed by atoms with Gasteiger partial charge in [-0.15, -0.1) is 0 Å². The number of rotatable bonds is 53. The zero-order valence-electron chi connectivity index (χ0n) is 42.7. The number of nitrogens with two attached hydrogens (primary N) is 1. The first-order valence-corrected chi connectivity index (χ1v) is 29.3. The molecule has 0 aliphatic heterocycles. The summed E-state index contributed by atoms with van der Waals surface area (Å²) in [5, 5.41) is 0. The Morgan fingerprint density at radius 1 is 0.462 bits per heavy atom. The number of ether oxygens (including phenoxy) is 2. The predicted octanol–water partition coefficient (Wildman–Crippen LogP) is 17.1. The second kappa shape index (κ2) is 51.9. The standard InChI is InChI=1S/C55H106NO8P/c1-3-5-7-9-11-13-15-16-17-18-19-20-21-22-23-24-25-26-27-28-29-30-31-32-33-34-35-36-38-40-42-44-46-48-55(58)64-53(52-63-65(59,60)62-50-49-56)51-61-54(57)47-45-43-41-39-37-14-12-10-8-6-4-2/h15-16,18-19,53H,3-14,17,20-52,56H2,1-2H3,(H,59,60)/b16-15-,19-18-. The van der Waals surface area contributed by atoms with E-state index in [1.54, 1.807) is 0 Å². The molecule has 0 rings (SSSR count). The van der Waals surface area contributed by atoms with Crippen LogP contribution in [-0.2, 0) is 32.7 Å². The number of esters is 2. The van der Waals surface area contributed by atoms with E-state index in [1.165, 1.54) is 212 Å². The van der Waals surface area contributed by atoms with Gasteiger partial charge in [-0.25, -0.2) is 4.57 Å². The van der Waals surface area contributed by atoms with Gasteiger partial charge in [-0.05, 0) is 44.9 Å². The maximum atomic E-state index is 12.6. The number of allylic oxidation sites excluding steroid dienone is 4. The van der Waals surface area contributed by atoms with Crippen molar-refractivity contribution in [2.75, 3.05) is 26.4 Å². The molecular formula is C55H106NO8P. The molecule has 2 unspecified atom stereocenters. The Balaban J connectivity index is 3.80. The summed E-state index contributed by atoms with van der Waals surface area (Å²) < 4.78 is 32.9. The molecule has 9 nitrogen and oxygen atoms in total. The van der Waals surface area contributed by atoms with E-state index in [4.69, 9.17) is 24.3 Å². The Bertz CT molecular complexity index is 1120. The van der Waals surface area contributed by atoms with Gasteiger partial charge in [-0.2, -0.15) is 0 Å². The summed E-state index contributed by atoms with van der Waals surface area (Å²) in [5.41, 5.74) is 5.36. The fourth-order valence-corrected chi connectivity index (χ4v) is 8.96. The third kappa shape index (κ3) is 51.7. The van der Waals surface area contributed by atoms with Crippen LogP contribution in [0.4, 0.5) is 0 Å². The normalized spacial score (nSPS) is 13.2. The fourth-order valence-electron chi connectivity index (χ4n) is 8.20. The maximum Gasteiger partial charge on any atom is 0.472 e. The van der Waals surface area contributed by atoms with Crippen LogP contribution in [0.3, 0.4) is 0 Å². The number of hydrogen-bond acceptors (Lipinski definition) is 8.